The van der Waals surface area contributed by atoms with Gasteiger partial charge in [-0.15, -0.1) is 24.0 Å². The number of hydrogen-bond donors (Lipinski definition) is 1. The number of nitrogens with one attached hydrogen (secondary N) is 1. The molecule has 0 spiro atoms. The third-order valence-corrected chi connectivity index (χ3v) is 6.46. The van der Waals surface area contributed by atoms with Gasteiger partial charge in [0.2, 0.25) is 5.13 Å². The minimum atomic E-state index is 0. The van der Waals surface area contributed by atoms with Gasteiger partial charge in [-0.1, -0.05) is 13.8 Å². The Bertz CT molecular complexity index is 593. The molecule has 0 aromatic carbocycles. The molecular formula is C19H36IN7S. The lowest BCUT2D eigenvalue weighted by molar-refractivity contribution is 0.191. The second-order valence-corrected chi connectivity index (χ2v) is 8.40. The van der Waals surface area contributed by atoms with Gasteiger partial charge >= 0.3 is 0 Å². The zero-order valence-corrected chi connectivity index (χ0v) is 20.7. The third kappa shape index (κ3) is 6.69. The molecule has 1 N–H and O–H groups in total. The lowest BCUT2D eigenvalue weighted by Gasteiger charge is -2.36. The maximum atomic E-state index is 4.62. The van der Waals surface area contributed by atoms with E-state index < -0.39 is 0 Å². The molecule has 1 aromatic heterocycles. The largest absolute Gasteiger partial charge is 0.356 e. The monoisotopic (exact) mass is 521 g/mol. The molecule has 2 aliphatic heterocycles. The number of rotatable bonds is 6. The van der Waals surface area contributed by atoms with E-state index >= 15 is 0 Å². The van der Waals surface area contributed by atoms with Crippen LogP contribution in [0.15, 0.2) is 4.99 Å². The van der Waals surface area contributed by atoms with E-state index in [9.17, 15) is 0 Å². The fraction of sp³-hybridized carbons (Fsp3) is 0.842. The zero-order chi connectivity index (χ0) is 19.1. The predicted octanol–water partition coefficient (Wildman–Crippen LogP) is 2.54. The van der Waals surface area contributed by atoms with Gasteiger partial charge in [0.05, 0.1) is 0 Å². The Kier molecular flexibility index (Phi) is 10.2. The maximum Gasteiger partial charge on any atom is 0.205 e. The standard InChI is InChI=1S/C19H35N7S.HI/c1-4-17-22-19(27-23-17)26-14-12-25(13-15-26)18(20-3)21-8-5-9-24-10-6-16(2)7-11-24;/h16H,4-15H2,1-3H3,(H,20,21);1H. The Labute approximate surface area is 191 Å². The van der Waals surface area contributed by atoms with E-state index in [1.54, 1.807) is 0 Å². The van der Waals surface area contributed by atoms with Crippen LogP contribution in [0, 0.1) is 5.92 Å². The summed E-state index contributed by atoms with van der Waals surface area (Å²) in [6.45, 7) is 13.1. The van der Waals surface area contributed by atoms with Crippen LogP contribution in [0.4, 0.5) is 5.13 Å². The second kappa shape index (κ2) is 12.1. The van der Waals surface area contributed by atoms with Crippen LogP contribution in [0.25, 0.3) is 0 Å². The summed E-state index contributed by atoms with van der Waals surface area (Å²) in [7, 11) is 1.89. The van der Waals surface area contributed by atoms with Gasteiger partial charge in [-0.25, -0.2) is 4.98 Å². The van der Waals surface area contributed by atoms with Crippen molar-refractivity contribution in [2.45, 2.75) is 39.5 Å². The first kappa shape index (κ1) is 23.6. The van der Waals surface area contributed by atoms with Gasteiger partial charge in [0.1, 0.15) is 5.82 Å². The second-order valence-electron chi connectivity index (χ2n) is 7.67. The molecule has 160 valence electrons. The van der Waals surface area contributed by atoms with Crippen molar-refractivity contribution in [2.75, 3.05) is 64.3 Å². The van der Waals surface area contributed by atoms with Crippen LogP contribution in [0.5, 0.6) is 0 Å². The van der Waals surface area contributed by atoms with Crippen molar-refractivity contribution in [3.63, 3.8) is 0 Å². The smallest absolute Gasteiger partial charge is 0.205 e. The summed E-state index contributed by atoms with van der Waals surface area (Å²) in [5.41, 5.74) is 0. The Morgan fingerprint density at radius 1 is 1.18 bits per heavy atom. The van der Waals surface area contributed by atoms with Crippen molar-refractivity contribution in [1.29, 1.82) is 0 Å². The average Bonchev–Trinajstić information content (AvgIpc) is 3.19. The number of hydrogen-bond acceptors (Lipinski definition) is 6. The number of piperazine rings is 1. The Hall–Kier alpha value is -0.680. The molecule has 9 heteroatoms. The van der Waals surface area contributed by atoms with Gasteiger partial charge in [-0.05, 0) is 44.8 Å². The number of nitrogens with zero attached hydrogens (tertiary/aromatic N) is 6. The quantitative estimate of drug-likeness (QED) is 0.269. The number of piperidine rings is 1. The minimum Gasteiger partial charge on any atom is -0.356 e. The Balaban J connectivity index is 0.00000280. The number of likely N-dealkylation sites (tertiary alicyclic amines) is 1. The normalized spacial score (nSPS) is 19.6. The first-order valence-electron chi connectivity index (χ1n) is 10.4. The van der Waals surface area contributed by atoms with Gasteiger partial charge in [0.15, 0.2) is 5.96 Å². The summed E-state index contributed by atoms with van der Waals surface area (Å²) in [6, 6.07) is 0. The number of guanidine groups is 1. The molecule has 0 unspecified atom stereocenters. The first-order chi connectivity index (χ1) is 13.2. The van der Waals surface area contributed by atoms with Crippen molar-refractivity contribution in [3.05, 3.63) is 5.82 Å². The summed E-state index contributed by atoms with van der Waals surface area (Å²) >= 11 is 1.52. The fourth-order valence-electron chi connectivity index (χ4n) is 3.75. The summed E-state index contributed by atoms with van der Waals surface area (Å²) in [5, 5.41) is 4.62. The lowest BCUT2D eigenvalue weighted by atomic mass is 9.99. The number of aromatic nitrogens is 2. The molecule has 0 radical (unpaired) electrons. The fourth-order valence-corrected chi connectivity index (χ4v) is 4.55. The third-order valence-electron chi connectivity index (χ3n) is 5.65. The van der Waals surface area contributed by atoms with E-state index in [2.05, 4.69) is 48.2 Å². The van der Waals surface area contributed by atoms with Crippen LogP contribution < -0.4 is 10.2 Å². The molecule has 0 atom stereocenters. The SMILES string of the molecule is CCc1nsc(N2CCN(C(=NC)NCCCN3CCC(C)CC3)CC2)n1.I. The van der Waals surface area contributed by atoms with Crippen molar-refractivity contribution in [3.8, 4) is 0 Å². The molecule has 3 heterocycles. The van der Waals surface area contributed by atoms with E-state index in [1.807, 2.05) is 7.05 Å². The summed E-state index contributed by atoms with van der Waals surface area (Å²) < 4.78 is 4.41. The molecule has 0 aliphatic carbocycles. The molecule has 28 heavy (non-hydrogen) atoms. The molecular weight excluding hydrogens is 485 g/mol. The molecule has 2 fully saturated rings. The van der Waals surface area contributed by atoms with Crippen LogP contribution in [-0.2, 0) is 6.42 Å². The van der Waals surface area contributed by atoms with Crippen molar-refractivity contribution in [1.82, 2.24) is 24.5 Å². The molecule has 0 amide bonds. The van der Waals surface area contributed by atoms with E-state index in [0.29, 0.717) is 0 Å². The summed E-state index contributed by atoms with van der Waals surface area (Å²) in [4.78, 5) is 16.4. The number of halogens is 1. The molecule has 2 saturated heterocycles. The number of anilines is 1. The van der Waals surface area contributed by atoms with Crippen LogP contribution in [0.2, 0.25) is 0 Å². The zero-order valence-electron chi connectivity index (χ0n) is 17.6. The number of aryl methyl sites for hydroxylation is 1. The van der Waals surface area contributed by atoms with Gasteiger partial charge < -0.3 is 20.0 Å². The van der Waals surface area contributed by atoms with Crippen molar-refractivity contribution in [2.24, 2.45) is 10.9 Å². The van der Waals surface area contributed by atoms with Gasteiger partial charge in [-0.3, -0.25) is 4.99 Å². The van der Waals surface area contributed by atoms with E-state index in [4.69, 9.17) is 0 Å². The van der Waals surface area contributed by atoms with Crippen molar-refractivity contribution >= 4 is 46.6 Å². The van der Waals surface area contributed by atoms with E-state index in [0.717, 1.165) is 62.0 Å². The van der Waals surface area contributed by atoms with Gasteiger partial charge in [-0.2, -0.15) is 4.37 Å². The summed E-state index contributed by atoms with van der Waals surface area (Å²) in [5.74, 6) is 2.90. The molecule has 0 saturated carbocycles. The van der Waals surface area contributed by atoms with Gasteiger partial charge in [0, 0.05) is 57.7 Å². The highest BCUT2D eigenvalue weighted by Crippen LogP contribution is 2.19. The van der Waals surface area contributed by atoms with Crippen LogP contribution in [0.3, 0.4) is 0 Å². The van der Waals surface area contributed by atoms with Crippen LogP contribution in [0.1, 0.15) is 38.9 Å². The highest BCUT2D eigenvalue weighted by atomic mass is 127. The molecule has 7 nitrogen and oxygen atoms in total. The number of aliphatic imine (C=N–C) groups is 1. The Morgan fingerprint density at radius 3 is 2.50 bits per heavy atom. The lowest BCUT2D eigenvalue weighted by Crippen LogP contribution is -2.52. The minimum absolute atomic E-state index is 0. The first-order valence-corrected chi connectivity index (χ1v) is 11.2. The average molecular weight is 522 g/mol. The van der Waals surface area contributed by atoms with Crippen LogP contribution >= 0.6 is 35.5 Å². The highest BCUT2D eigenvalue weighted by Gasteiger charge is 2.22. The summed E-state index contributed by atoms with van der Waals surface area (Å²) in [6.07, 6.45) is 4.79. The molecule has 0 bridgehead atoms. The van der Waals surface area contributed by atoms with E-state index in [1.165, 1.54) is 50.4 Å². The van der Waals surface area contributed by atoms with Crippen molar-refractivity contribution < 1.29 is 0 Å². The molecule has 3 rings (SSSR count). The maximum absolute atomic E-state index is 4.62. The predicted molar refractivity (Wildman–Crippen MR) is 129 cm³/mol. The molecule has 1 aromatic rings. The van der Waals surface area contributed by atoms with Gasteiger partial charge in [0.25, 0.3) is 0 Å². The highest BCUT2D eigenvalue weighted by molar-refractivity contribution is 14.0. The van der Waals surface area contributed by atoms with E-state index in [-0.39, 0.29) is 24.0 Å². The topological polar surface area (TPSA) is 59.9 Å². The molecule has 2 aliphatic rings. The van der Waals surface area contributed by atoms with Crippen LogP contribution in [-0.4, -0.2) is 84.5 Å². The Morgan fingerprint density at radius 2 is 1.89 bits per heavy atom.